The first-order valence-corrected chi connectivity index (χ1v) is 7.02. The molecule has 4 nitrogen and oxygen atoms in total. The van der Waals surface area contributed by atoms with Gasteiger partial charge in [-0.3, -0.25) is 0 Å². The highest BCUT2D eigenvalue weighted by Gasteiger charge is 2.31. The maximum atomic E-state index is 12.5. The molecule has 2 amide bonds. The van der Waals surface area contributed by atoms with Gasteiger partial charge in [0.25, 0.3) is 0 Å². The first-order chi connectivity index (χ1) is 9.36. The molecule has 0 aliphatic carbocycles. The highest BCUT2D eigenvalue weighted by Crippen LogP contribution is 2.29. The van der Waals surface area contributed by atoms with Crippen LogP contribution in [0.25, 0.3) is 0 Å². The van der Waals surface area contributed by atoms with E-state index in [1.54, 1.807) is 5.01 Å². The van der Waals surface area contributed by atoms with Crippen molar-refractivity contribution in [1.29, 1.82) is 0 Å². The summed E-state index contributed by atoms with van der Waals surface area (Å²) in [6, 6.07) is 10.3. The molecule has 0 aromatic heterocycles. The smallest absolute Gasteiger partial charge is 0.323 e. The van der Waals surface area contributed by atoms with Gasteiger partial charge in [-0.1, -0.05) is 30.3 Å². The number of amides is 2. The molecule has 3 rings (SSSR count). The van der Waals surface area contributed by atoms with Gasteiger partial charge in [0, 0.05) is 25.7 Å². The fraction of sp³-hybridized carbons (Fsp3) is 0.467. The van der Waals surface area contributed by atoms with Crippen molar-refractivity contribution in [2.24, 2.45) is 5.10 Å². The van der Waals surface area contributed by atoms with E-state index in [1.165, 1.54) is 6.42 Å². The molecule has 1 fully saturated rings. The SMILES string of the molecule is O=C(N1CCCCC1)N1N=CCC1c1ccccc1. The van der Waals surface area contributed by atoms with Gasteiger partial charge in [0.1, 0.15) is 0 Å². The molecule has 19 heavy (non-hydrogen) atoms. The van der Waals surface area contributed by atoms with Crippen LogP contribution in [-0.4, -0.2) is 35.2 Å². The Morgan fingerprint density at radius 2 is 1.84 bits per heavy atom. The summed E-state index contributed by atoms with van der Waals surface area (Å²) in [6.07, 6.45) is 6.11. The van der Waals surface area contributed by atoms with E-state index in [-0.39, 0.29) is 12.1 Å². The fourth-order valence-electron chi connectivity index (χ4n) is 2.78. The number of hydrazone groups is 1. The number of urea groups is 1. The Labute approximate surface area is 113 Å². The third-order valence-electron chi connectivity index (χ3n) is 3.84. The summed E-state index contributed by atoms with van der Waals surface area (Å²) in [7, 11) is 0. The van der Waals surface area contributed by atoms with Gasteiger partial charge in [-0.15, -0.1) is 0 Å². The molecule has 2 aliphatic rings. The van der Waals surface area contributed by atoms with Gasteiger partial charge >= 0.3 is 6.03 Å². The van der Waals surface area contributed by atoms with Crippen molar-refractivity contribution in [2.75, 3.05) is 13.1 Å². The Balaban J connectivity index is 1.75. The third-order valence-corrected chi connectivity index (χ3v) is 3.84. The van der Waals surface area contributed by atoms with Crippen LogP contribution in [0.1, 0.15) is 37.3 Å². The molecule has 0 N–H and O–H groups in total. The zero-order valence-corrected chi connectivity index (χ0v) is 11.0. The van der Waals surface area contributed by atoms with E-state index in [0.717, 1.165) is 37.9 Å². The summed E-state index contributed by atoms with van der Waals surface area (Å²) >= 11 is 0. The highest BCUT2D eigenvalue weighted by molar-refractivity contribution is 5.78. The Morgan fingerprint density at radius 3 is 2.58 bits per heavy atom. The van der Waals surface area contributed by atoms with E-state index in [1.807, 2.05) is 29.3 Å². The lowest BCUT2D eigenvalue weighted by molar-refractivity contribution is 0.133. The van der Waals surface area contributed by atoms with Crippen molar-refractivity contribution in [3.05, 3.63) is 35.9 Å². The number of nitrogens with zero attached hydrogens (tertiary/aromatic N) is 3. The maximum Gasteiger partial charge on any atom is 0.340 e. The summed E-state index contributed by atoms with van der Waals surface area (Å²) in [5.41, 5.74) is 1.16. The molecule has 0 bridgehead atoms. The van der Waals surface area contributed by atoms with Crippen LogP contribution in [0.2, 0.25) is 0 Å². The number of rotatable bonds is 1. The second kappa shape index (κ2) is 5.43. The van der Waals surface area contributed by atoms with Crippen molar-refractivity contribution >= 4 is 12.2 Å². The molecular weight excluding hydrogens is 238 g/mol. The van der Waals surface area contributed by atoms with Crippen LogP contribution in [-0.2, 0) is 0 Å². The van der Waals surface area contributed by atoms with Gasteiger partial charge < -0.3 is 4.90 Å². The van der Waals surface area contributed by atoms with Crippen LogP contribution in [0.4, 0.5) is 4.79 Å². The van der Waals surface area contributed by atoms with Crippen molar-refractivity contribution in [3.8, 4) is 0 Å². The van der Waals surface area contributed by atoms with Gasteiger partial charge in [0.15, 0.2) is 0 Å². The van der Waals surface area contributed by atoms with E-state index in [4.69, 9.17) is 0 Å². The molecule has 2 heterocycles. The summed E-state index contributed by atoms with van der Waals surface area (Å²) in [5.74, 6) is 0. The average Bonchev–Trinajstić information content (AvgIpc) is 2.98. The minimum absolute atomic E-state index is 0.0577. The first kappa shape index (κ1) is 12.2. The minimum atomic E-state index is 0.0577. The third kappa shape index (κ3) is 2.48. The summed E-state index contributed by atoms with van der Waals surface area (Å²) in [5, 5.41) is 5.94. The molecule has 1 atom stereocenters. The molecule has 2 aliphatic heterocycles. The molecule has 100 valence electrons. The van der Waals surface area contributed by atoms with Gasteiger partial charge in [0.05, 0.1) is 6.04 Å². The van der Waals surface area contributed by atoms with Crippen LogP contribution >= 0.6 is 0 Å². The number of likely N-dealkylation sites (tertiary alicyclic amines) is 1. The number of carbonyl (C=O) groups is 1. The summed E-state index contributed by atoms with van der Waals surface area (Å²) in [6.45, 7) is 1.73. The Kier molecular flexibility index (Phi) is 3.49. The van der Waals surface area contributed by atoms with Crippen LogP contribution in [0.5, 0.6) is 0 Å². The van der Waals surface area contributed by atoms with Crippen molar-refractivity contribution < 1.29 is 4.79 Å². The lowest BCUT2D eigenvalue weighted by Crippen LogP contribution is -2.43. The monoisotopic (exact) mass is 257 g/mol. The first-order valence-electron chi connectivity index (χ1n) is 7.02. The van der Waals surface area contributed by atoms with E-state index in [2.05, 4.69) is 17.2 Å². The fourth-order valence-corrected chi connectivity index (χ4v) is 2.78. The molecule has 0 spiro atoms. The normalized spacial score (nSPS) is 22.8. The predicted molar refractivity (Wildman–Crippen MR) is 75.0 cm³/mol. The van der Waals surface area contributed by atoms with Gasteiger partial charge in [-0.2, -0.15) is 5.10 Å². The summed E-state index contributed by atoms with van der Waals surface area (Å²) < 4.78 is 0. The number of hydrogen-bond donors (Lipinski definition) is 0. The lowest BCUT2D eigenvalue weighted by Gasteiger charge is -2.32. The van der Waals surface area contributed by atoms with E-state index in [9.17, 15) is 4.79 Å². The van der Waals surface area contributed by atoms with Crippen LogP contribution in [0.3, 0.4) is 0 Å². The summed E-state index contributed by atoms with van der Waals surface area (Å²) in [4.78, 5) is 14.5. The van der Waals surface area contributed by atoms with E-state index in [0.29, 0.717) is 0 Å². The van der Waals surface area contributed by atoms with Crippen molar-refractivity contribution in [2.45, 2.75) is 31.7 Å². The second-order valence-corrected chi connectivity index (χ2v) is 5.14. The second-order valence-electron chi connectivity index (χ2n) is 5.14. The zero-order chi connectivity index (χ0) is 13.1. The molecule has 1 aromatic carbocycles. The quantitative estimate of drug-likeness (QED) is 0.761. The molecular formula is C15H19N3O. The predicted octanol–water partition coefficient (Wildman–Crippen LogP) is 3.03. The van der Waals surface area contributed by atoms with E-state index < -0.39 is 0 Å². The van der Waals surface area contributed by atoms with Gasteiger partial charge in [0.2, 0.25) is 0 Å². The zero-order valence-electron chi connectivity index (χ0n) is 11.0. The molecule has 4 heteroatoms. The van der Waals surface area contributed by atoms with Crippen molar-refractivity contribution in [1.82, 2.24) is 9.91 Å². The van der Waals surface area contributed by atoms with Crippen molar-refractivity contribution in [3.63, 3.8) is 0 Å². The largest absolute Gasteiger partial charge is 0.340 e. The number of hydrogen-bond acceptors (Lipinski definition) is 2. The lowest BCUT2D eigenvalue weighted by atomic mass is 10.0. The topological polar surface area (TPSA) is 35.9 Å². The maximum absolute atomic E-state index is 12.5. The Hall–Kier alpha value is -1.84. The Morgan fingerprint density at radius 1 is 1.11 bits per heavy atom. The molecule has 0 saturated carbocycles. The highest BCUT2D eigenvalue weighted by atomic mass is 16.2. The van der Waals surface area contributed by atoms with Gasteiger partial charge in [-0.05, 0) is 24.8 Å². The molecule has 1 aromatic rings. The van der Waals surface area contributed by atoms with Crippen LogP contribution in [0.15, 0.2) is 35.4 Å². The number of piperidine rings is 1. The average molecular weight is 257 g/mol. The van der Waals surface area contributed by atoms with Crippen LogP contribution < -0.4 is 0 Å². The molecule has 0 radical (unpaired) electrons. The molecule has 1 saturated heterocycles. The number of benzene rings is 1. The van der Waals surface area contributed by atoms with Crippen LogP contribution in [0, 0.1) is 0 Å². The Bertz CT molecular complexity index is 466. The minimum Gasteiger partial charge on any atom is -0.323 e. The molecule has 1 unspecified atom stereocenters. The van der Waals surface area contributed by atoms with E-state index >= 15 is 0 Å². The van der Waals surface area contributed by atoms with Gasteiger partial charge in [-0.25, -0.2) is 9.80 Å². The standard InChI is InChI=1S/C15H19N3O/c19-15(17-11-5-2-6-12-17)18-14(9-10-16-18)13-7-3-1-4-8-13/h1,3-4,7-8,10,14H,2,5-6,9,11-12H2. The number of carbonyl (C=O) groups excluding carboxylic acids is 1.